The minimum atomic E-state index is -0.0442. The second-order valence-corrected chi connectivity index (χ2v) is 7.05. The van der Waals surface area contributed by atoms with Gasteiger partial charge in [0.2, 0.25) is 11.8 Å². The summed E-state index contributed by atoms with van der Waals surface area (Å²) in [6, 6.07) is 7.37. The molecular weight excluding hydrogens is 360 g/mol. The number of piperazine rings is 1. The minimum Gasteiger partial charge on any atom is -0.494 e. The molecule has 0 atom stereocenters. The molecular formula is C20H30N4O4. The van der Waals surface area contributed by atoms with Crippen LogP contribution in [0, 0.1) is 0 Å². The van der Waals surface area contributed by atoms with Gasteiger partial charge >= 0.3 is 0 Å². The molecule has 2 aliphatic heterocycles. The van der Waals surface area contributed by atoms with E-state index in [9.17, 15) is 9.59 Å². The van der Waals surface area contributed by atoms with Gasteiger partial charge in [0.05, 0.1) is 32.9 Å². The molecule has 0 bridgehead atoms. The first-order chi connectivity index (χ1) is 13.6. The van der Waals surface area contributed by atoms with Crippen LogP contribution in [0.2, 0.25) is 0 Å². The van der Waals surface area contributed by atoms with Crippen molar-refractivity contribution in [3.05, 3.63) is 24.3 Å². The van der Waals surface area contributed by atoms with Crippen LogP contribution in [0.15, 0.2) is 24.3 Å². The van der Waals surface area contributed by atoms with Crippen molar-refractivity contribution >= 4 is 17.5 Å². The van der Waals surface area contributed by atoms with Gasteiger partial charge in [-0.25, -0.2) is 0 Å². The Hall–Kier alpha value is -2.16. The number of hydrogen-bond acceptors (Lipinski definition) is 6. The Morgan fingerprint density at radius 2 is 1.61 bits per heavy atom. The van der Waals surface area contributed by atoms with Crippen LogP contribution in [-0.2, 0) is 14.3 Å². The Balaban J connectivity index is 1.37. The van der Waals surface area contributed by atoms with Crippen molar-refractivity contribution in [2.24, 2.45) is 0 Å². The zero-order valence-corrected chi connectivity index (χ0v) is 16.6. The highest BCUT2D eigenvalue weighted by atomic mass is 16.5. The SMILES string of the molecule is CCOc1ccc(NC(=O)CN2CCN(C(=O)CN3CCOCC3)CC2)cc1. The molecule has 2 fully saturated rings. The van der Waals surface area contributed by atoms with Crippen molar-refractivity contribution in [1.82, 2.24) is 14.7 Å². The molecule has 2 saturated heterocycles. The predicted molar refractivity (Wildman–Crippen MR) is 107 cm³/mol. The Morgan fingerprint density at radius 3 is 2.25 bits per heavy atom. The van der Waals surface area contributed by atoms with Crippen molar-refractivity contribution in [2.45, 2.75) is 6.92 Å². The minimum absolute atomic E-state index is 0.0442. The fourth-order valence-electron chi connectivity index (χ4n) is 3.41. The number of amides is 2. The normalized spacial score (nSPS) is 18.7. The maximum Gasteiger partial charge on any atom is 0.238 e. The Bertz CT molecular complexity index is 638. The lowest BCUT2D eigenvalue weighted by molar-refractivity contribution is -0.135. The van der Waals surface area contributed by atoms with Gasteiger partial charge in [-0.3, -0.25) is 19.4 Å². The number of nitrogens with one attached hydrogen (secondary N) is 1. The first-order valence-corrected chi connectivity index (χ1v) is 9.97. The highest BCUT2D eigenvalue weighted by molar-refractivity contribution is 5.92. The van der Waals surface area contributed by atoms with Crippen LogP contribution in [0.3, 0.4) is 0 Å². The van der Waals surface area contributed by atoms with Crippen molar-refractivity contribution in [3.8, 4) is 5.75 Å². The number of carbonyl (C=O) groups excluding carboxylic acids is 2. The van der Waals surface area contributed by atoms with Crippen LogP contribution in [0.1, 0.15) is 6.92 Å². The van der Waals surface area contributed by atoms with E-state index < -0.39 is 0 Å². The monoisotopic (exact) mass is 390 g/mol. The summed E-state index contributed by atoms with van der Waals surface area (Å²) in [5, 5.41) is 2.91. The van der Waals surface area contributed by atoms with Gasteiger partial charge in [-0.2, -0.15) is 0 Å². The zero-order chi connectivity index (χ0) is 19.8. The van der Waals surface area contributed by atoms with Gasteiger partial charge in [0.1, 0.15) is 5.75 Å². The highest BCUT2D eigenvalue weighted by Gasteiger charge is 2.24. The summed E-state index contributed by atoms with van der Waals surface area (Å²) in [4.78, 5) is 30.9. The van der Waals surface area contributed by atoms with E-state index in [4.69, 9.17) is 9.47 Å². The molecule has 0 aromatic heterocycles. The molecule has 1 aromatic rings. The quantitative estimate of drug-likeness (QED) is 0.731. The molecule has 0 radical (unpaired) electrons. The lowest BCUT2D eigenvalue weighted by Gasteiger charge is -2.36. The van der Waals surface area contributed by atoms with E-state index in [0.29, 0.717) is 59.1 Å². The lowest BCUT2D eigenvalue weighted by atomic mass is 10.2. The average molecular weight is 390 g/mol. The summed E-state index contributed by atoms with van der Waals surface area (Å²) in [6.07, 6.45) is 0. The molecule has 0 spiro atoms. The number of anilines is 1. The smallest absolute Gasteiger partial charge is 0.238 e. The molecule has 8 nitrogen and oxygen atoms in total. The number of carbonyl (C=O) groups is 2. The molecule has 1 aromatic carbocycles. The van der Waals surface area contributed by atoms with Gasteiger partial charge in [0.25, 0.3) is 0 Å². The summed E-state index contributed by atoms with van der Waals surface area (Å²) >= 11 is 0. The topological polar surface area (TPSA) is 74.4 Å². The third kappa shape index (κ3) is 6.19. The number of hydrogen-bond donors (Lipinski definition) is 1. The molecule has 0 unspecified atom stereocenters. The Labute approximate surface area is 166 Å². The van der Waals surface area contributed by atoms with Crippen molar-refractivity contribution < 1.29 is 19.1 Å². The van der Waals surface area contributed by atoms with Crippen LogP contribution in [0.25, 0.3) is 0 Å². The van der Waals surface area contributed by atoms with E-state index in [-0.39, 0.29) is 11.8 Å². The third-order valence-electron chi connectivity index (χ3n) is 5.00. The van der Waals surface area contributed by atoms with Gasteiger partial charge < -0.3 is 19.7 Å². The van der Waals surface area contributed by atoms with E-state index in [1.54, 1.807) is 0 Å². The maximum atomic E-state index is 12.4. The first kappa shape index (κ1) is 20.6. The molecule has 154 valence electrons. The van der Waals surface area contributed by atoms with Crippen LogP contribution in [0.5, 0.6) is 5.75 Å². The second kappa shape index (κ2) is 10.4. The zero-order valence-electron chi connectivity index (χ0n) is 16.6. The summed E-state index contributed by atoms with van der Waals surface area (Å²) in [7, 11) is 0. The van der Waals surface area contributed by atoms with Crippen molar-refractivity contribution in [3.63, 3.8) is 0 Å². The highest BCUT2D eigenvalue weighted by Crippen LogP contribution is 2.15. The van der Waals surface area contributed by atoms with Gasteiger partial charge in [-0.05, 0) is 31.2 Å². The third-order valence-corrected chi connectivity index (χ3v) is 5.00. The van der Waals surface area contributed by atoms with E-state index >= 15 is 0 Å². The number of nitrogens with zero attached hydrogens (tertiary/aromatic N) is 3. The largest absolute Gasteiger partial charge is 0.494 e. The summed E-state index contributed by atoms with van der Waals surface area (Å²) in [6.45, 7) is 9.14. The van der Waals surface area contributed by atoms with Crippen molar-refractivity contribution in [2.75, 3.05) is 77.5 Å². The average Bonchev–Trinajstić information content (AvgIpc) is 2.71. The Morgan fingerprint density at radius 1 is 0.964 bits per heavy atom. The molecule has 0 aliphatic carbocycles. The molecule has 2 heterocycles. The molecule has 0 saturated carbocycles. The molecule has 1 N–H and O–H groups in total. The van der Waals surface area contributed by atoms with Crippen LogP contribution < -0.4 is 10.1 Å². The number of rotatable bonds is 7. The molecule has 3 rings (SSSR count). The number of morpholine rings is 1. The summed E-state index contributed by atoms with van der Waals surface area (Å²) in [5.74, 6) is 0.913. The van der Waals surface area contributed by atoms with Gasteiger partial charge in [-0.1, -0.05) is 0 Å². The van der Waals surface area contributed by atoms with Crippen molar-refractivity contribution in [1.29, 1.82) is 0 Å². The Kier molecular flexibility index (Phi) is 7.64. The van der Waals surface area contributed by atoms with E-state index in [2.05, 4.69) is 15.1 Å². The summed E-state index contributed by atoms with van der Waals surface area (Å²) < 4.78 is 10.7. The van der Waals surface area contributed by atoms with E-state index in [1.165, 1.54) is 0 Å². The number of ether oxygens (including phenoxy) is 2. The summed E-state index contributed by atoms with van der Waals surface area (Å²) in [5.41, 5.74) is 0.757. The van der Waals surface area contributed by atoms with Crippen LogP contribution >= 0.6 is 0 Å². The maximum absolute atomic E-state index is 12.4. The second-order valence-electron chi connectivity index (χ2n) is 7.05. The number of benzene rings is 1. The predicted octanol–water partition coefficient (Wildman–Crippen LogP) is 0.500. The lowest BCUT2D eigenvalue weighted by Crippen LogP contribution is -2.53. The van der Waals surface area contributed by atoms with Crippen LogP contribution in [0.4, 0.5) is 5.69 Å². The van der Waals surface area contributed by atoms with Gasteiger partial charge in [-0.15, -0.1) is 0 Å². The fraction of sp³-hybridized carbons (Fsp3) is 0.600. The van der Waals surface area contributed by atoms with Gasteiger partial charge in [0, 0.05) is 45.0 Å². The van der Waals surface area contributed by atoms with E-state index in [1.807, 2.05) is 36.1 Å². The molecule has 8 heteroatoms. The van der Waals surface area contributed by atoms with Crippen LogP contribution in [-0.4, -0.2) is 98.7 Å². The first-order valence-electron chi connectivity index (χ1n) is 9.97. The molecule has 2 aliphatic rings. The molecule has 2 amide bonds. The molecule has 28 heavy (non-hydrogen) atoms. The van der Waals surface area contributed by atoms with E-state index in [0.717, 1.165) is 24.5 Å². The standard InChI is InChI=1S/C20H30N4O4/c1-2-28-18-5-3-17(4-6-18)21-19(25)15-22-7-9-24(10-8-22)20(26)16-23-11-13-27-14-12-23/h3-6H,2,7-16H2,1H3,(H,21,25). The fourth-order valence-corrected chi connectivity index (χ4v) is 3.41. The van der Waals surface area contributed by atoms with Gasteiger partial charge in [0.15, 0.2) is 0 Å².